The number of amides is 2. The molecule has 1 fully saturated rings. The Labute approximate surface area is 139 Å². The number of nitrogens with one attached hydrogen (secondary N) is 2. The highest BCUT2D eigenvalue weighted by Gasteiger charge is 2.48. The Balaban J connectivity index is 1.90. The van der Waals surface area contributed by atoms with Crippen LogP contribution in [-0.2, 0) is 9.59 Å². The number of fused-ring (bicyclic) bond motifs is 1. The summed E-state index contributed by atoms with van der Waals surface area (Å²) in [5.74, 6) is -1.56. The molecule has 0 spiro atoms. The number of Topliss-reactive ketones (excluding diaryl/α,β-unsaturated/α-hetero) is 1. The van der Waals surface area contributed by atoms with Crippen LogP contribution in [0.3, 0.4) is 0 Å². The number of ketones is 1. The van der Waals surface area contributed by atoms with Crippen molar-refractivity contribution >= 4 is 29.5 Å². The summed E-state index contributed by atoms with van der Waals surface area (Å²) in [5, 5.41) is 5.46. The van der Waals surface area contributed by atoms with Gasteiger partial charge in [-0.3, -0.25) is 24.7 Å². The van der Waals surface area contributed by atoms with E-state index in [0.717, 1.165) is 5.69 Å². The number of hydrogen-bond donors (Lipinski definition) is 3. The average molecular weight is 328 g/mol. The lowest BCUT2D eigenvalue weighted by Gasteiger charge is -2.36. The molecule has 126 valence electrons. The first-order chi connectivity index (χ1) is 11.5. The van der Waals surface area contributed by atoms with E-state index in [-0.39, 0.29) is 18.1 Å². The summed E-state index contributed by atoms with van der Waals surface area (Å²) < 4.78 is 0. The molecule has 4 N–H and O–H groups in total. The van der Waals surface area contributed by atoms with Crippen LogP contribution in [-0.4, -0.2) is 42.4 Å². The molecule has 0 saturated carbocycles. The summed E-state index contributed by atoms with van der Waals surface area (Å²) in [7, 11) is 0. The Bertz CT molecular complexity index is 743. The molecular weight excluding hydrogens is 308 g/mol. The molecule has 0 bridgehead atoms. The molecule has 7 nitrogen and oxygen atoms in total. The normalized spacial score (nSPS) is 26.1. The molecule has 0 radical (unpaired) electrons. The number of nitrogens with two attached hydrogens (primary N) is 1. The number of hydrogen-bond acceptors (Lipinski definition) is 6. The molecule has 1 unspecified atom stereocenters. The molecule has 2 amide bonds. The minimum absolute atomic E-state index is 0.195. The van der Waals surface area contributed by atoms with Crippen LogP contribution in [0.5, 0.6) is 0 Å². The third-order valence-corrected chi connectivity index (χ3v) is 4.62. The number of anilines is 1. The van der Waals surface area contributed by atoms with Gasteiger partial charge < -0.3 is 11.1 Å². The number of rotatable bonds is 4. The van der Waals surface area contributed by atoms with Crippen molar-refractivity contribution in [2.75, 3.05) is 18.4 Å². The summed E-state index contributed by atoms with van der Waals surface area (Å²) in [6.07, 6.45) is 2.19. The first-order valence-corrected chi connectivity index (χ1v) is 7.97. The zero-order valence-electron chi connectivity index (χ0n) is 13.5. The van der Waals surface area contributed by atoms with Crippen molar-refractivity contribution in [2.45, 2.75) is 25.3 Å². The smallest absolute Gasteiger partial charge is 0.232 e. The molecule has 3 rings (SSSR count). The zero-order valence-corrected chi connectivity index (χ0v) is 13.5. The van der Waals surface area contributed by atoms with Gasteiger partial charge in [0.05, 0.1) is 5.92 Å². The fourth-order valence-electron chi connectivity index (χ4n) is 3.22. The second kappa shape index (κ2) is 6.16. The summed E-state index contributed by atoms with van der Waals surface area (Å²) >= 11 is 0. The van der Waals surface area contributed by atoms with E-state index in [4.69, 9.17) is 5.73 Å². The summed E-state index contributed by atoms with van der Waals surface area (Å²) in [6, 6.07) is 5.40. The number of imide groups is 1. The zero-order chi connectivity index (χ0) is 17.3. The van der Waals surface area contributed by atoms with Gasteiger partial charge in [0.15, 0.2) is 5.78 Å². The van der Waals surface area contributed by atoms with Crippen LogP contribution >= 0.6 is 0 Å². The third-order valence-electron chi connectivity index (χ3n) is 4.62. The number of benzene rings is 1. The van der Waals surface area contributed by atoms with Crippen molar-refractivity contribution in [1.82, 2.24) is 5.32 Å². The molecule has 1 saturated heterocycles. The highest BCUT2D eigenvalue weighted by atomic mass is 16.2. The fraction of sp³-hybridized carbons (Fsp3) is 0.412. The largest absolute Gasteiger partial charge is 0.384 e. The molecule has 7 heteroatoms. The van der Waals surface area contributed by atoms with Crippen molar-refractivity contribution in [3.63, 3.8) is 0 Å². The quantitative estimate of drug-likeness (QED) is 0.696. The van der Waals surface area contributed by atoms with Crippen LogP contribution < -0.4 is 16.4 Å². The second-order valence-corrected chi connectivity index (χ2v) is 6.26. The Morgan fingerprint density at radius 1 is 1.38 bits per heavy atom. The lowest BCUT2D eigenvalue weighted by molar-refractivity contribution is -0.137. The SMILES string of the molecule is C[C@]1(C2CCC(=O)NC2=O)N=Cc2cc(NCCN)ccc2C1=O. The topological polar surface area (TPSA) is 114 Å². The van der Waals surface area contributed by atoms with Crippen molar-refractivity contribution in [2.24, 2.45) is 16.6 Å². The van der Waals surface area contributed by atoms with Crippen LogP contribution in [0.25, 0.3) is 0 Å². The van der Waals surface area contributed by atoms with E-state index in [2.05, 4.69) is 15.6 Å². The van der Waals surface area contributed by atoms with Crippen LogP contribution in [0.2, 0.25) is 0 Å². The van der Waals surface area contributed by atoms with E-state index in [9.17, 15) is 14.4 Å². The standard InChI is InChI=1S/C17H20N4O3/c1-17(13-4-5-14(22)21-16(13)24)15(23)12-3-2-11(19-7-6-18)8-10(12)9-20-17/h2-3,8-9,13,19H,4-7,18H2,1H3,(H,21,22,24)/t13?,17-/m1/s1. The van der Waals surface area contributed by atoms with Crippen LogP contribution in [0, 0.1) is 5.92 Å². The van der Waals surface area contributed by atoms with Crippen molar-refractivity contribution in [1.29, 1.82) is 0 Å². The molecule has 2 atom stereocenters. The first-order valence-electron chi connectivity index (χ1n) is 7.97. The van der Waals surface area contributed by atoms with Crippen molar-refractivity contribution in [3.05, 3.63) is 29.3 Å². The molecule has 2 heterocycles. The van der Waals surface area contributed by atoms with Gasteiger partial charge >= 0.3 is 0 Å². The molecule has 1 aromatic carbocycles. The first kappa shape index (κ1) is 16.3. The maximum Gasteiger partial charge on any atom is 0.232 e. The highest BCUT2D eigenvalue weighted by Crippen LogP contribution is 2.35. The van der Waals surface area contributed by atoms with Crippen molar-refractivity contribution < 1.29 is 14.4 Å². The van der Waals surface area contributed by atoms with Crippen LogP contribution in [0.1, 0.15) is 35.7 Å². The monoisotopic (exact) mass is 328 g/mol. The number of aliphatic imine (C=N–C) groups is 1. The predicted octanol–water partition coefficient (Wildman–Crippen LogP) is 0.484. The molecule has 0 aromatic heterocycles. The van der Waals surface area contributed by atoms with Gasteiger partial charge in [-0.25, -0.2) is 0 Å². The number of piperidine rings is 1. The fourth-order valence-corrected chi connectivity index (χ4v) is 3.22. The minimum Gasteiger partial charge on any atom is -0.384 e. The predicted molar refractivity (Wildman–Crippen MR) is 90.2 cm³/mol. The average Bonchev–Trinajstić information content (AvgIpc) is 2.56. The maximum atomic E-state index is 13.0. The lowest BCUT2D eigenvalue weighted by atomic mass is 9.73. The Kier molecular flexibility index (Phi) is 4.19. The number of carbonyl (C=O) groups excluding carboxylic acids is 3. The van der Waals surface area contributed by atoms with Gasteiger partial charge in [0, 0.05) is 42.5 Å². The molecule has 2 aliphatic heterocycles. The molecule has 24 heavy (non-hydrogen) atoms. The van der Waals surface area contributed by atoms with Crippen LogP contribution in [0.4, 0.5) is 5.69 Å². The van der Waals surface area contributed by atoms with E-state index in [0.29, 0.717) is 30.6 Å². The minimum atomic E-state index is -1.18. The van der Waals surface area contributed by atoms with E-state index in [1.54, 1.807) is 19.2 Å². The number of nitrogens with zero attached hydrogens (tertiary/aromatic N) is 1. The second-order valence-electron chi connectivity index (χ2n) is 6.26. The van der Waals surface area contributed by atoms with Gasteiger partial charge in [-0.15, -0.1) is 0 Å². The Hall–Kier alpha value is -2.54. The van der Waals surface area contributed by atoms with Gasteiger partial charge in [0.25, 0.3) is 0 Å². The van der Waals surface area contributed by atoms with Crippen LogP contribution in [0.15, 0.2) is 23.2 Å². The van der Waals surface area contributed by atoms with E-state index in [1.165, 1.54) is 0 Å². The van der Waals surface area contributed by atoms with Gasteiger partial charge in [-0.2, -0.15) is 0 Å². The van der Waals surface area contributed by atoms with E-state index < -0.39 is 17.4 Å². The number of carbonyl (C=O) groups is 3. The Morgan fingerprint density at radius 3 is 2.88 bits per heavy atom. The molecule has 2 aliphatic rings. The summed E-state index contributed by atoms with van der Waals surface area (Å²) in [5.41, 5.74) is 6.41. The Morgan fingerprint density at radius 2 is 2.17 bits per heavy atom. The van der Waals surface area contributed by atoms with Gasteiger partial charge in [-0.05, 0) is 31.5 Å². The molecule has 1 aromatic rings. The lowest BCUT2D eigenvalue weighted by Crippen LogP contribution is -2.54. The summed E-state index contributed by atoms with van der Waals surface area (Å²) in [4.78, 5) is 40.9. The molecule has 0 aliphatic carbocycles. The summed E-state index contributed by atoms with van der Waals surface area (Å²) in [6.45, 7) is 2.81. The maximum absolute atomic E-state index is 13.0. The van der Waals surface area contributed by atoms with E-state index in [1.807, 2.05) is 12.1 Å². The van der Waals surface area contributed by atoms with E-state index >= 15 is 0 Å². The van der Waals surface area contributed by atoms with Gasteiger partial charge in [0.1, 0.15) is 5.54 Å². The highest BCUT2D eigenvalue weighted by molar-refractivity contribution is 6.15. The van der Waals surface area contributed by atoms with Gasteiger partial charge in [0.2, 0.25) is 11.8 Å². The molecular formula is C17H20N4O3. The third kappa shape index (κ3) is 2.71. The van der Waals surface area contributed by atoms with Gasteiger partial charge in [-0.1, -0.05) is 0 Å². The van der Waals surface area contributed by atoms with Crippen molar-refractivity contribution in [3.8, 4) is 0 Å².